The molecular weight excluding hydrogens is 1010 g/mol. The molecule has 0 radical (unpaired) electrons. The third-order valence-electron chi connectivity index (χ3n) is 16.2. The normalized spacial score (nSPS) is 12.4. The van der Waals surface area contributed by atoms with Gasteiger partial charge in [0.25, 0.3) is 0 Å². The zero-order chi connectivity index (χ0) is 59.2. The number of carbonyl (C=O) groups is 3. The highest BCUT2D eigenvalue weighted by Gasteiger charge is 2.19. The lowest BCUT2D eigenvalue weighted by molar-refractivity contribution is -0.167. The zero-order valence-electron chi connectivity index (χ0n) is 55.0. The van der Waals surface area contributed by atoms with Crippen molar-refractivity contribution in [3.05, 3.63) is 60.8 Å². The first-order valence-electron chi connectivity index (χ1n) is 36.3. The molecule has 0 fully saturated rings. The van der Waals surface area contributed by atoms with Gasteiger partial charge in [-0.2, -0.15) is 0 Å². The standard InChI is InChI=1S/C76H138O6/c1-4-7-10-13-16-19-22-25-28-31-34-36-38-40-42-45-48-51-54-57-60-63-66-69-75(78)81-72-73(71-80-74(77)68-65-62-59-56-53-50-47-44-41-33-30-27-24-21-18-15-12-9-6-3)82-76(79)70-67-64-61-58-55-52-49-46-43-39-37-35-32-29-26-23-20-17-14-11-8-5-2/h18,21-22,25,27,30-31,34,38,40,73H,4-17,19-20,23-24,26,28-29,32-33,35-37,39,41-72H2,1-3H3/b21-18-,25-22-,30-27-,34-31-,40-38-. The van der Waals surface area contributed by atoms with E-state index < -0.39 is 6.10 Å². The van der Waals surface area contributed by atoms with Crippen LogP contribution in [0.4, 0.5) is 0 Å². The molecule has 0 saturated heterocycles. The molecule has 82 heavy (non-hydrogen) atoms. The van der Waals surface area contributed by atoms with Gasteiger partial charge in [0.1, 0.15) is 13.2 Å². The van der Waals surface area contributed by atoms with Crippen molar-refractivity contribution in [2.24, 2.45) is 0 Å². The zero-order valence-corrected chi connectivity index (χ0v) is 55.0. The van der Waals surface area contributed by atoms with Gasteiger partial charge >= 0.3 is 17.9 Å². The average molecular weight is 1150 g/mol. The number of hydrogen-bond acceptors (Lipinski definition) is 6. The number of esters is 3. The summed E-state index contributed by atoms with van der Waals surface area (Å²) in [4.78, 5) is 38.5. The Hall–Kier alpha value is -2.89. The summed E-state index contributed by atoms with van der Waals surface area (Å²) < 4.78 is 17.0. The van der Waals surface area contributed by atoms with Crippen LogP contribution in [-0.2, 0) is 28.6 Å². The van der Waals surface area contributed by atoms with E-state index in [0.29, 0.717) is 19.3 Å². The molecule has 0 aliphatic heterocycles. The molecule has 1 atom stereocenters. The van der Waals surface area contributed by atoms with Crippen LogP contribution in [0.3, 0.4) is 0 Å². The number of hydrogen-bond donors (Lipinski definition) is 0. The van der Waals surface area contributed by atoms with E-state index in [9.17, 15) is 14.4 Å². The number of ether oxygens (including phenoxy) is 3. The lowest BCUT2D eigenvalue weighted by atomic mass is 10.0. The van der Waals surface area contributed by atoms with Crippen molar-refractivity contribution in [3.63, 3.8) is 0 Å². The molecule has 478 valence electrons. The first-order valence-corrected chi connectivity index (χ1v) is 36.3. The summed E-state index contributed by atoms with van der Waals surface area (Å²) in [5.74, 6) is -0.859. The number of rotatable bonds is 67. The lowest BCUT2D eigenvalue weighted by Crippen LogP contribution is -2.30. The molecule has 0 amide bonds. The van der Waals surface area contributed by atoms with E-state index >= 15 is 0 Å². The molecule has 0 aromatic rings. The van der Waals surface area contributed by atoms with E-state index in [1.54, 1.807) is 0 Å². The van der Waals surface area contributed by atoms with Gasteiger partial charge in [-0.25, -0.2) is 0 Å². The molecule has 0 heterocycles. The van der Waals surface area contributed by atoms with Gasteiger partial charge in [0.2, 0.25) is 0 Å². The molecule has 1 unspecified atom stereocenters. The van der Waals surface area contributed by atoms with Gasteiger partial charge in [-0.05, 0) is 89.9 Å². The molecule has 0 aliphatic carbocycles. The van der Waals surface area contributed by atoms with Gasteiger partial charge in [0, 0.05) is 19.3 Å². The lowest BCUT2D eigenvalue weighted by Gasteiger charge is -2.18. The summed E-state index contributed by atoms with van der Waals surface area (Å²) in [6.07, 6.45) is 91.0. The van der Waals surface area contributed by atoms with Crippen LogP contribution in [0.2, 0.25) is 0 Å². The van der Waals surface area contributed by atoms with Crippen molar-refractivity contribution >= 4 is 17.9 Å². The number of allylic oxidation sites excluding steroid dienone is 10. The maximum absolute atomic E-state index is 13.0. The van der Waals surface area contributed by atoms with Crippen LogP contribution < -0.4 is 0 Å². The number of carbonyl (C=O) groups excluding carboxylic acids is 3. The van der Waals surface area contributed by atoms with Crippen molar-refractivity contribution in [2.45, 2.75) is 393 Å². The Labute approximate surface area is 510 Å². The summed E-state index contributed by atoms with van der Waals surface area (Å²) in [7, 11) is 0. The quantitative estimate of drug-likeness (QED) is 0.0261. The maximum atomic E-state index is 13.0. The number of unbranched alkanes of at least 4 members (excludes halogenated alkanes) is 46. The Kier molecular flexibility index (Phi) is 68.1. The second-order valence-corrected chi connectivity index (χ2v) is 24.5. The highest BCUT2D eigenvalue weighted by atomic mass is 16.6. The monoisotopic (exact) mass is 1150 g/mol. The van der Waals surface area contributed by atoms with Crippen LogP contribution in [0.25, 0.3) is 0 Å². The molecule has 0 aliphatic rings. The van der Waals surface area contributed by atoms with E-state index in [-0.39, 0.29) is 31.1 Å². The summed E-state index contributed by atoms with van der Waals surface area (Å²) in [5.41, 5.74) is 0. The van der Waals surface area contributed by atoms with E-state index in [1.807, 2.05) is 0 Å². The largest absolute Gasteiger partial charge is 0.462 e. The Morgan fingerprint density at radius 1 is 0.244 bits per heavy atom. The highest BCUT2D eigenvalue weighted by Crippen LogP contribution is 2.18. The SMILES string of the molecule is CCCCC/C=C\C/C=C\CCCCCCCCCCCC(=O)OCC(COC(=O)CCCCCCCCCC/C=C\C/C=C\C/C=C\CCCCCCC)OC(=O)CCCCCCCCCCCCCCCCCCCCCCCC. The first-order chi connectivity index (χ1) is 40.5. The van der Waals surface area contributed by atoms with Gasteiger partial charge in [-0.15, -0.1) is 0 Å². The summed E-state index contributed by atoms with van der Waals surface area (Å²) in [6.45, 7) is 6.67. The van der Waals surface area contributed by atoms with Crippen molar-refractivity contribution in [3.8, 4) is 0 Å². The molecule has 0 rings (SSSR count). The second-order valence-electron chi connectivity index (χ2n) is 24.5. The molecule has 6 heteroatoms. The molecule has 0 saturated carbocycles. The van der Waals surface area contributed by atoms with Crippen LogP contribution in [-0.4, -0.2) is 37.2 Å². The van der Waals surface area contributed by atoms with Gasteiger partial charge in [-0.3, -0.25) is 14.4 Å². The Bertz CT molecular complexity index is 1460. The van der Waals surface area contributed by atoms with Crippen molar-refractivity contribution in [2.75, 3.05) is 13.2 Å². The topological polar surface area (TPSA) is 78.9 Å². The van der Waals surface area contributed by atoms with E-state index in [4.69, 9.17) is 14.2 Å². The highest BCUT2D eigenvalue weighted by molar-refractivity contribution is 5.71. The van der Waals surface area contributed by atoms with Crippen molar-refractivity contribution in [1.29, 1.82) is 0 Å². The van der Waals surface area contributed by atoms with E-state index in [1.165, 1.54) is 263 Å². The predicted molar refractivity (Wildman–Crippen MR) is 358 cm³/mol. The third kappa shape index (κ3) is 67.9. The van der Waals surface area contributed by atoms with Crippen LogP contribution in [0.1, 0.15) is 387 Å². The molecule has 0 N–H and O–H groups in total. The Morgan fingerprint density at radius 3 is 0.707 bits per heavy atom. The van der Waals surface area contributed by atoms with E-state index in [0.717, 1.165) is 83.5 Å². The van der Waals surface area contributed by atoms with Gasteiger partial charge in [0.05, 0.1) is 0 Å². The van der Waals surface area contributed by atoms with Crippen LogP contribution >= 0.6 is 0 Å². The van der Waals surface area contributed by atoms with Crippen molar-refractivity contribution in [1.82, 2.24) is 0 Å². The van der Waals surface area contributed by atoms with Crippen LogP contribution in [0.15, 0.2) is 60.8 Å². The van der Waals surface area contributed by atoms with Crippen molar-refractivity contribution < 1.29 is 28.6 Å². The van der Waals surface area contributed by atoms with Gasteiger partial charge < -0.3 is 14.2 Å². The van der Waals surface area contributed by atoms with Gasteiger partial charge in [0.15, 0.2) is 6.10 Å². The second kappa shape index (κ2) is 70.6. The van der Waals surface area contributed by atoms with E-state index in [2.05, 4.69) is 81.5 Å². The Balaban J connectivity index is 4.35. The Morgan fingerprint density at radius 2 is 0.439 bits per heavy atom. The smallest absolute Gasteiger partial charge is 0.306 e. The third-order valence-corrected chi connectivity index (χ3v) is 16.2. The summed E-state index contributed by atoms with van der Waals surface area (Å²) in [6, 6.07) is 0. The van der Waals surface area contributed by atoms with Crippen LogP contribution in [0.5, 0.6) is 0 Å². The molecule has 0 bridgehead atoms. The first kappa shape index (κ1) is 79.1. The molecule has 0 aromatic carbocycles. The summed E-state index contributed by atoms with van der Waals surface area (Å²) in [5, 5.41) is 0. The molecule has 6 nitrogen and oxygen atoms in total. The predicted octanol–water partition coefficient (Wildman–Crippen LogP) is 25.1. The minimum Gasteiger partial charge on any atom is -0.462 e. The minimum absolute atomic E-state index is 0.0751. The molecular formula is C76H138O6. The fraction of sp³-hybridized carbons (Fsp3) is 0.829. The summed E-state index contributed by atoms with van der Waals surface area (Å²) >= 11 is 0. The van der Waals surface area contributed by atoms with Crippen LogP contribution in [0, 0.1) is 0 Å². The maximum Gasteiger partial charge on any atom is 0.306 e. The average Bonchev–Trinajstić information content (AvgIpc) is 3.47. The molecule has 0 aromatic heterocycles. The fourth-order valence-electron chi connectivity index (χ4n) is 10.8. The molecule has 0 spiro atoms. The fourth-order valence-corrected chi connectivity index (χ4v) is 10.8. The van der Waals surface area contributed by atoms with Gasteiger partial charge in [-0.1, -0.05) is 338 Å². The minimum atomic E-state index is -0.780.